The van der Waals surface area contributed by atoms with Crippen molar-refractivity contribution >= 4 is 0 Å². The van der Waals surface area contributed by atoms with Gasteiger partial charge in [-0.15, -0.1) is 0 Å². The van der Waals surface area contributed by atoms with Gasteiger partial charge >= 0.3 is 36.2 Å². The molecule has 15 heteroatoms. The van der Waals surface area contributed by atoms with Gasteiger partial charge in [-0.3, -0.25) is 0 Å². The smallest absolute Gasteiger partial charge is 0.331 e. The molecule has 0 spiro atoms. The molecule has 0 saturated carbocycles. The van der Waals surface area contributed by atoms with Gasteiger partial charge < -0.3 is 9.84 Å². The number of hydrogen-bond acceptors (Lipinski definition) is 2. The molecule has 24 heavy (non-hydrogen) atoms. The number of ether oxygens (including phenoxy) is 1. The van der Waals surface area contributed by atoms with Crippen molar-refractivity contribution in [3.05, 3.63) is 0 Å². The Morgan fingerprint density at radius 1 is 0.583 bits per heavy atom. The number of hydrogen-bond donors (Lipinski definition) is 1. The first kappa shape index (κ1) is 23.0. The molecule has 0 amide bonds. The third kappa shape index (κ3) is 3.36. The first-order valence-electron chi connectivity index (χ1n) is 5.34. The highest BCUT2D eigenvalue weighted by molar-refractivity contribution is 5.03. The summed E-state index contributed by atoms with van der Waals surface area (Å²) in [5, 5.41) is 7.70. The largest absolute Gasteiger partial charge is 0.462 e. The van der Waals surface area contributed by atoms with Crippen LogP contribution in [0.2, 0.25) is 0 Å². The predicted octanol–water partition coefficient (Wildman–Crippen LogP) is 4.43. The highest BCUT2D eigenvalue weighted by atomic mass is 19.4. The molecular formula is C9H7F13O2. The summed E-state index contributed by atoms with van der Waals surface area (Å²) in [4.78, 5) is 0. The van der Waals surface area contributed by atoms with E-state index in [1.807, 2.05) is 0 Å². The molecule has 0 aromatic rings. The van der Waals surface area contributed by atoms with Crippen molar-refractivity contribution in [3.63, 3.8) is 0 Å². The third-order valence-corrected chi connectivity index (χ3v) is 2.63. The average Bonchev–Trinajstić information content (AvgIpc) is 2.23. The van der Waals surface area contributed by atoms with Crippen molar-refractivity contribution in [2.75, 3.05) is 0 Å². The van der Waals surface area contributed by atoms with Gasteiger partial charge in [0.15, 0.2) is 0 Å². The van der Waals surface area contributed by atoms with E-state index in [1.165, 1.54) is 0 Å². The Morgan fingerprint density at radius 2 is 0.917 bits per heavy atom. The molecule has 2 nitrogen and oxygen atoms in total. The minimum atomic E-state index is -7.12. The molecule has 0 aromatic heterocycles. The van der Waals surface area contributed by atoms with Crippen molar-refractivity contribution in [1.29, 1.82) is 0 Å². The normalized spacial score (nSPS) is 16.5. The Bertz CT molecular complexity index is 459. The summed E-state index contributed by atoms with van der Waals surface area (Å²) in [6.07, 6.45) is -20.4. The van der Waals surface area contributed by atoms with Crippen LogP contribution in [0.1, 0.15) is 13.8 Å². The van der Waals surface area contributed by atoms with Crippen LogP contribution in [0.4, 0.5) is 57.1 Å². The van der Waals surface area contributed by atoms with E-state index in [1.54, 1.807) is 0 Å². The lowest BCUT2D eigenvalue weighted by Crippen LogP contribution is -2.67. The second-order valence-electron chi connectivity index (χ2n) is 4.89. The minimum Gasteiger partial charge on any atom is -0.331 e. The molecule has 0 bridgehead atoms. The van der Waals surface area contributed by atoms with Crippen LogP contribution in [0.3, 0.4) is 0 Å². The first-order chi connectivity index (χ1) is 9.96. The quantitative estimate of drug-likeness (QED) is 0.676. The highest BCUT2D eigenvalue weighted by Gasteiger charge is 2.81. The maximum atomic E-state index is 13.3. The number of aliphatic hydroxyl groups is 1. The Kier molecular flexibility index (Phi) is 5.28. The molecule has 146 valence electrons. The second-order valence-corrected chi connectivity index (χ2v) is 4.89. The molecular weight excluding hydrogens is 387 g/mol. The fourth-order valence-electron chi connectivity index (χ4n) is 1.18. The van der Waals surface area contributed by atoms with Gasteiger partial charge in [0.25, 0.3) is 0 Å². The Morgan fingerprint density at radius 3 is 1.17 bits per heavy atom. The molecule has 0 fully saturated rings. The fraction of sp³-hybridized carbons (Fsp3) is 1.00. The zero-order valence-electron chi connectivity index (χ0n) is 11.3. The minimum absolute atomic E-state index is 0.576. The van der Waals surface area contributed by atoms with Gasteiger partial charge in [0, 0.05) is 0 Å². The van der Waals surface area contributed by atoms with Crippen LogP contribution in [0, 0.1) is 0 Å². The van der Waals surface area contributed by atoms with Crippen molar-refractivity contribution in [3.8, 4) is 0 Å². The van der Waals surface area contributed by atoms with Crippen LogP contribution in [0.25, 0.3) is 0 Å². The zero-order valence-corrected chi connectivity index (χ0v) is 11.3. The molecule has 0 heterocycles. The summed E-state index contributed by atoms with van der Waals surface area (Å²) in [5.41, 5.74) is -4.71. The molecule has 0 aliphatic carbocycles. The van der Waals surface area contributed by atoms with Crippen LogP contribution in [0.15, 0.2) is 0 Å². The molecule has 0 radical (unpaired) electrons. The van der Waals surface area contributed by atoms with Crippen molar-refractivity contribution in [2.24, 2.45) is 0 Å². The predicted molar refractivity (Wildman–Crippen MR) is 48.2 cm³/mol. The second kappa shape index (κ2) is 5.51. The lowest BCUT2D eigenvalue weighted by Gasteiger charge is -2.42. The monoisotopic (exact) mass is 394 g/mol. The highest BCUT2D eigenvalue weighted by Crippen LogP contribution is 2.55. The summed E-state index contributed by atoms with van der Waals surface area (Å²) in [6.45, 7) is -1.15. The van der Waals surface area contributed by atoms with E-state index in [2.05, 4.69) is 4.74 Å². The van der Waals surface area contributed by atoms with E-state index >= 15 is 0 Å². The van der Waals surface area contributed by atoms with Crippen molar-refractivity contribution < 1.29 is 66.9 Å². The third-order valence-electron chi connectivity index (χ3n) is 2.63. The number of halogens is 13. The molecule has 0 unspecified atom stereocenters. The fourth-order valence-corrected chi connectivity index (χ4v) is 1.18. The van der Waals surface area contributed by atoms with Crippen LogP contribution >= 0.6 is 0 Å². The van der Waals surface area contributed by atoms with Crippen molar-refractivity contribution in [1.82, 2.24) is 0 Å². The summed E-state index contributed by atoms with van der Waals surface area (Å²) < 4.78 is 165. The van der Waals surface area contributed by atoms with Gasteiger partial charge in [-0.1, -0.05) is 0 Å². The SMILES string of the molecule is CC(C)(OC(F)(F)C(F)(F)C(F)(F)F)C(F)(F)C(F)(F)C(O)(F)F. The summed E-state index contributed by atoms with van der Waals surface area (Å²) in [7, 11) is 0. The van der Waals surface area contributed by atoms with Crippen LogP contribution in [0.5, 0.6) is 0 Å². The van der Waals surface area contributed by atoms with Gasteiger partial charge in [0.1, 0.15) is 5.60 Å². The number of rotatable bonds is 6. The van der Waals surface area contributed by atoms with E-state index in [0.717, 1.165) is 0 Å². The maximum Gasteiger partial charge on any atom is 0.462 e. The molecule has 1 N–H and O–H groups in total. The lowest BCUT2D eigenvalue weighted by atomic mass is 9.93. The Hall–Kier alpha value is -0.990. The zero-order chi connectivity index (χ0) is 20.2. The summed E-state index contributed by atoms with van der Waals surface area (Å²) in [6, 6.07) is 0. The van der Waals surface area contributed by atoms with E-state index < -0.39 is 55.6 Å². The molecule has 0 rings (SSSR count). The summed E-state index contributed by atoms with van der Waals surface area (Å²) in [5.74, 6) is -20.5. The standard InChI is InChI=1S/C9H7F13O2/c1-3(2,4(10,11)5(12,13)8(19,20)23)24-9(21,22)6(14,15)7(16,17)18/h23H,1-2H3. The van der Waals surface area contributed by atoms with Gasteiger partial charge in [0.2, 0.25) is 0 Å². The molecule has 0 aromatic carbocycles. The first-order valence-corrected chi connectivity index (χ1v) is 5.34. The van der Waals surface area contributed by atoms with E-state index in [4.69, 9.17) is 5.11 Å². The summed E-state index contributed by atoms with van der Waals surface area (Å²) >= 11 is 0. The molecule has 0 saturated heterocycles. The Labute approximate surface area is 124 Å². The van der Waals surface area contributed by atoms with Gasteiger partial charge in [-0.05, 0) is 13.8 Å². The van der Waals surface area contributed by atoms with E-state index in [0.29, 0.717) is 0 Å². The number of alkyl halides is 13. The van der Waals surface area contributed by atoms with Crippen molar-refractivity contribution in [2.45, 2.75) is 55.6 Å². The lowest BCUT2D eigenvalue weighted by molar-refractivity contribution is -0.473. The molecule has 0 atom stereocenters. The van der Waals surface area contributed by atoms with Crippen LogP contribution in [-0.2, 0) is 4.74 Å². The van der Waals surface area contributed by atoms with Gasteiger partial charge in [-0.25, -0.2) is 0 Å². The van der Waals surface area contributed by atoms with E-state index in [9.17, 15) is 57.1 Å². The molecule has 0 aliphatic heterocycles. The van der Waals surface area contributed by atoms with Crippen LogP contribution in [-0.4, -0.2) is 46.9 Å². The van der Waals surface area contributed by atoms with Crippen LogP contribution < -0.4 is 0 Å². The average molecular weight is 394 g/mol. The van der Waals surface area contributed by atoms with E-state index in [-0.39, 0.29) is 0 Å². The molecule has 0 aliphatic rings. The maximum absolute atomic E-state index is 13.3. The topological polar surface area (TPSA) is 29.5 Å². The Balaban J connectivity index is 5.95. The van der Waals surface area contributed by atoms with Gasteiger partial charge in [-0.2, -0.15) is 57.1 Å². The van der Waals surface area contributed by atoms with Gasteiger partial charge in [0.05, 0.1) is 0 Å².